The maximum Gasteiger partial charge on any atom is 0.416 e. The Morgan fingerprint density at radius 2 is 1.84 bits per heavy atom. The number of aryl methyl sites for hydroxylation is 1. The molecule has 1 unspecified atom stereocenters. The van der Waals surface area contributed by atoms with E-state index >= 15 is 0 Å². The standard InChI is InChI=1S/C20H22F3N3O4S/c1-12-17(31(29,30)11-13-4-5-13)18(25-10-2-3-16(25)19(27)28)26(24-12)15-8-6-14(7-9-15)20(21,22)23/h6-9,13,16H,2-5,10-11H2,1H3,(H,27,28). The molecule has 1 saturated carbocycles. The molecule has 0 spiro atoms. The van der Waals surface area contributed by atoms with E-state index < -0.39 is 33.6 Å². The number of nitrogens with zero attached hydrogens (tertiary/aromatic N) is 3. The zero-order valence-corrected chi connectivity index (χ0v) is 17.6. The number of aliphatic carboxylic acids is 1. The Bertz CT molecular complexity index is 1110. The van der Waals surface area contributed by atoms with Crippen molar-refractivity contribution in [2.24, 2.45) is 5.92 Å². The highest BCUT2D eigenvalue weighted by Gasteiger charge is 2.40. The number of carbonyl (C=O) groups is 1. The fraction of sp³-hybridized carbons (Fsp3) is 0.500. The van der Waals surface area contributed by atoms with Gasteiger partial charge < -0.3 is 10.0 Å². The lowest BCUT2D eigenvalue weighted by atomic mass is 10.2. The van der Waals surface area contributed by atoms with Crippen molar-refractivity contribution in [3.63, 3.8) is 0 Å². The normalized spacial score (nSPS) is 19.7. The number of alkyl halides is 3. The van der Waals surface area contributed by atoms with Crippen molar-refractivity contribution in [1.82, 2.24) is 9.78 Å². The lowest BCUT2D eigenvalue weighted by Gasteiger charge is -2.25. The average Bonchev–Trinajstić information content (AvgIpc) is 3.21. The lowest BCUT2D eigenvalue weighted by Crippen LogP contribution is -2.38. The van der Waals surface area contributed by atoms with Gasteiger partial charge in [0.15, 0.2) is 15.7 Å². The van der Waals surface area contributed by atoms with Crippen LogP contribution in [0.2, 0.25) is 0 Å². The minimum absolute atomic E-state index is 0.0348. The van der Waals surface area contributed by atoms with E-state index in [0.717, 1.165) is 25.0 Å². The minimum Gasteiger partial charge on any atom is -0.480 e. The number of hydrogen-bond acceptors (Lipinski definition) is 5. The van der Waals surface area contributed by atoms with Gasteiger partial charge in [-0.2, -0.15) is 18.3 Å². The van der Waals surface area contributed by atoms with E-state index in [1.54, 1.807) is 0 Å². The number of aromatic nitrogens is 2. The predicted octanol–water partition coefficient (Wildman–Crippen LogP) is 3.44. The van der Waals surface area contributed by atoms with Crippen LogP contribution in [0.4, 0.5) is 19.0 Å². The number of anilines is 1. The van der Waals surface area contributed by atoms with Crippen LogP contribution in [-0.4, -0.2) is 47.6 Å². The Balaban J connectivity index is 1.87. The summed E-state index contributed by atoms with van der Waals surface area (Å²) in [5.41, 5.74) is -0.408. The fourth-order valence-corrected chi connectivity index (χ4v) is 6.14. The molecule has 31 heavy (non-hydrogen) atoms. The van der Waals surface area contributed by atoms with Gasteiger partial charge >= 0.3 is 12.1 Å². The van der Waals surface area contributed by atoms with Gasteiger partial charge in [0.1, 0.15) is 10.9 Å². The molecule has 11 heteroatoms. The third-order valence-electron chi connectivity index (χ3n) is 5.69. The zero-order chi connectivity index (χ0) is 22.6. The number of rotatable bonds is 6. The Kier molecular flexibility index (Phi) is 5.27. The quantitative estimate of drug-likeness (QED) is 0.715. The molecule has 1 saturated heterocycles. The second-order valence-corrected chi connectivity index (χ2v) is 10.1. The van der Waals surface area contributed by atoms with Gasteiger partial charge in [-0.1, -0.05) is 0 Å². The van der Waals surface area contributed by atoms with Crippen LogP contribution in [0, 0.1) is 12.8 Å². The molecule has 1 aliphatic carbocycles. The highest BCUT2D eigenvalue weighted by Crippen LogP contribution is 2.40. The molecule has 1 aromatic carbocycles. The van der Waals surface area contributed by atoms with Gasteiger partial charge in [0.05, 0.1) is 22.7 Å². The van der Waals surface area contributed by atoms with Crippen LogP contribution in [-0.2, 0) is 20.8 Å². The number of carboxylic acids is 1. The minimum atomic E-state index is -4.51. The molecule has 0 radical (unpaired) electrons. The molecule has 1 aromatic heterocycles. The molecular formula is C20H22F3N3O4S. The Hall–Kier alpha value is -2.56. The summed E-state index contributed by atoms with van der Waals surface area (Å²) in [5.74, 6) is -0.949. The molecule has 1 aliphatic heterocycles. The highest BCUT2D eigenvalue weighted by atomic mass is 32.2. The van der Waals surface area contributed by atoms with E-state index in [1.165, 1.54) is 28.6 Å². The SMILES string of the molecule is Cc1nn(-c2ccc(C(F)(F)F)cc2)c(N2CCCC2C(=O)O)c1S(=O)(=O)CC1CC1. The zero-order valence-electron chi connectivity index (χ0n) is 16.8. The van der Waals surface area contributed by atoms with Crippen LogP contribution in [0.15, 0.2) is 29.2 Å². The maximum absolute atomic E-state index is 13.2. The number of sulfone groups is 1. The summed E-state index contributed by atoms with van der Waals surface area (Å²) < 4.78 is 66.6. The Morgan fingerprint density at radius 3 is 2.39 bits per heavy atom. The Morgan fingerprint density at radius 1 is 1.19 bits per heavy atom. The number of carboxylic acid groups (broad SMARTS) is 1. The molecule has 0 amide bonds. The van der Waals surface area contributed by atoms with Crippen LogP contribution in [0.25, 0.3) is 5.69 Å². The van der Waals surface area contributed by atoms with Crippen molar-refractivity contribution in [2.75, 3.05) is 17.2 Å². The largest absolute Gasteiger partial charge is 0.480 e. The van der Waals surface area contributed by atoms with Crippen LogP contribution in [0.5, 0.6) is 0 Å². The van der Waals surface area contributed by atoms with Gasteiger partial charge in [-0.3, -0.25) is 0 Å². The fourth-order valence-electron chi connectivity index (χ4n) is 4.04. The first-order chi connectivity index (χ1) is 14.5. The monoisotopic (exact) mass is 457 g/mol. The first kappa shape index (κ1) is 21.7. The molecule has 1 atom stereocenters. The van der Waals surface area contributed by atoms with Gasteiger partial charge in [-0.25, -0.2) is 17.9 Å². The molecule has 7 nitrogen and oxygen atoms in total. The number of halogens is 3. The first-order valence-corrected chi connectivity index (χ1v) is 11.6. The van der Waals surface area contributed by atoms with Gasteiger partial charge in [0.2, 0.25) is 0 Å². The van der Waals surface area contributed by atoms with Gasteiger partial charge in [0, 0.05) is 6.54 Å². The molecule has 2 heterocycles. The summed E-state index contributed by atoms with van der Waals surface area (Å²) in [6.45, 7) is 1.84. The topological polar surface area (TPSA) is 92.5 Å². The van der Waals surface area contributed by atoms with Crippen LogP contribution < -0.4 is 4.90 Å². The first-order valence-electron chi connectivity index (χ1n) is 9.98. The molecule has 0 bridgehead atoms. The molecule has 4 rings (SSSR count). The number of hydrogen-bond donors (Lipinski definition) is 1. The maximum atomic E-state index is 13.2. The van der Waals surface area contributed by atoms with E-state index in [9.17, 15) is 31.5 Å². The van der Waals surface area contributed by atoms with E-state index in [2.05, 4.69) is 5.10 Å². The molecule has 1 N–H and O–H groups in total. The summed E-state index contributed by atoms with van der Waals surface area (Å²) >= 11 is 0. The average molecular weight is 457 g/mol. The summed E-state index contributed by atoms with van der Waals surface area (Å²) in [5, 5.41) is 14.0. The second kappa shape index (κ2) is 7.54. The van der Waals surface area contributed by atoms with Gasteiger partial charge in [-0.05, 0) is 62.8 Å². The van der Waals surface area contributed by atoms with Crippen molar-refractivity contribution in [3.8, 4) is 5.69 Å². The summed E-state index contributed by atoms with van der Waals surface area (Å²) in [4.78, 5) is 13.3. The Labute approximate surface area is 177 Å². The second-order valence-electron chi connectivity index (χ2n) is 8.11. The van der Waals surface area contributed by atoms with E-state index in [1.807, 2.05) is 0 Å². The van der Waals surface area contributed by atoms with Crippen molar-refractivity contribution < 1.29 is 31.5 Å². The van der Waals surface area contributed by atoms with E-state index in [-0.39, 0.29) is 33.8 Å². The molecule has 168 valence electrons. The highest BCUT2D eigenvalue weighted by molar-refractivity contribution is 7.91. The predicted molar refractivity (Wildman–Crippen MR) is 106 cm³/mol. The summed E-state index contributed by atoms with van der Waals surface area (Å²) in [6, 6.07) is 3.28. The van der Waals surface area contributed by atoms with Crippen molar-refractivity contribution in [1.29, 1.82) is 0 Å². The third kappa shape index (κ3) is 4.15. The molecule has 2 fully saturated rings. The molecule has 2 aromatic rings. The lowest BCUT2D eigenvalue weighted by molar-refractivity contribution is -0.138. The summed E-state index contributed by atoms with van der Waals surface area (Å²) in [7, 11) is -3.76. The van der Waals surface area contributed by atoms with Crippen LogP contribution in [0.3, 0.4) is 0 Å². The number of benzene rings is 1. The van der Waals surface area contributed by atoms with Crippen molar-refractivity contribution in [3.05, 3.63) is 35.5 Å². The van der Waals surface area contributed by atoms with Gasteiger partial charge in [0.25, 0.3) is 0 Å². The van der Waals surface area contributed by atoms with E-state index in [0.29, 0.717) is 19.4 Å². The van der Waals surface area contributed by atoms with Crippen molar-refractivity contribution in [2.45, 2.75) is 49.7 Å². The van der Waals surface area contributed by atoms with Gasteiger partial charge in [-0.15, -0.1) is 0 Å². The van der Waals surface area contributed by atoms with Crippen LogP contribution in [0.1, 0.15) is 36.9 Å². The van der Waals surface area contributed by atoms with Crippen LogP contribution >= 0.6 is 0 Å². The van der Waals surface area contributed by atoms with Crippen molar-refractivity contribution >= 4 is 21.6 Å². The summed E-state index contributed by atoms with van der Waals surface area (Å²) in [6.07, 6.45) is -1.97. The third-order valence-corrected chi connectivity index (χ3v) is 7.70. The smallest absolute Gasteiger partial charge is 0.416 e. The van der Waals surface area contributed by atoms with E-state index in [4.69, 9.17) is 0 Å². The molecular weight excluding hydrogens is 435 g/mol. The molecule has 2 aliphatic rings.